The van der Waals surface area contributed by atoms with Crippen LogP contribution in [0.15, 0.2) is 42.5 Å². The van der Waals surface area contributed by atoms with Crippen LogP contribution >= 0.6 is 0 Å². The van der Waals surface area contributed by atoms with Gasteiger partial charge in [-0.2, -0.15) is 0 Å². The third-order valence-electron chi connectivity index (χ3n) is 2.53. The predicted octanol–water partition coefficient (Wildman–Crippen LogP) is 3.01. The molecule has 0 saturated carbocycles. The maximum Gasteiger partial charge on any atom is 0.213 e. The van der Waals surface area contributed by atoms with Crippen molar-refractivity contribution in [3.63, 3.8) is 0 Å². The van der Waals surface area contributed by atoms with E-state index in [9.17, 15) is 0 Å². The average molecular weight is 228 g/mol. The van der Waals surface area contributed by atoms with Gasteiger partial charge in [-0.1, -0.05) is 24.3 Å². The fourth-order valence-corrected chi connectivity index (χ4v) is 1.64. The molecule has 0 fully saturated rings. The maximum absolute atomic E-state index is 5.66. The topological polar surface area (TPSA) is 34.1 Å². The highest BCUT2D eigenvalue weighted by molar-refractivity contribution is 5.50. The lowest BCUT2D eigenvalue weighted by Crippen LogP contribution is -2.01. The van der Waals surface area contributed by atoms with E-state index in [4.69, 9.17) is 4.74 Å². The van der Waals surface area contributed by atoms with Crippen molar-refractivity contribution in [2.24, 2.45) is 0 Å². The van der Waals surface area contributed by atoms with E-state index in [1.54, 1.807) is 0 Å². The first-order chi connectivity index (χ1) is 8.29. The Kier molecular flexibility index (Phi) is 3.60. The molecule has 0 unspecified atom stereocenters. The number of para-hydroxylation sites is 1. The van der Waals surface area contributed by atoms with Gasteiger partial charge in [0.1, 0.15) is 6.61 Å². The van der Waals surface area contributed by atoms with E-state index in [0.29, 0.717) is 12.5 Å². The zero-order valence-electron chi connectivity index (χ0n) is 10.1. The van der Waals surface area contributed by atoms with Crippen LogP contribution in [0, 0.1) is 6.92 Å². The van der Waals surface area contributed by atoms with Crippen LogP contribution in [0.4, 0.5) is 5.69 Å². The standard InChI is InChI=1S/C14H16N2O/c1-11-6-5-9-14(16-11)17-10-12-7-3-4-8-13(12)15-2/h3-9,15H,10H2,1-2H3. The highest BCUT2D eigenvalue weighted by atomic mass is 16.5. The Labute approximate surface area is 101 Å². The predicted molar refractivity (Wildman–Crippen MR) is 69.3 cm³/mol. The number of aryl methyl sites for hydroxylation is 1. The number of aromatic nitrogens is 1. The van der Waals surface area contributed by atoms with Gasteiger partial charge in [-0.15, -0.1) is 0 Å². The van der Waals surface area contributed by atoms with E-state index < -0.39 is 0 Å². The summed E-state index contributed by atoms with van der Waals surface area (Å²) in [6.45, 7) is 2.47. The van der Waals surface area contributed by atoms with Crippen LogP contribution in [0.25, 0.3) is 0 Å². The van der Waals surface area contributed by atoms with Crippen LogP contribution < -0.4 is 10.1 Å². The highest BCUT2D eigenvalue weighted by Gasteiger charge is 2.01. The molecule has 2 rings (SSSR count). The Morgan fingerprint density at radius 2 is 1.94 bits per heavy atom. The van der Waals surface area contributed by atoms with Crippen molar-refractivity contribution in [3.8, 4) is 5.88 Å². The average Bonchev–Trinajstić information content (AvgIpc) is 2.37. The van der Waals surface area contributed by atoms with Gasteiger partial charge in [-0.3, -0.25) is 0 Å². The molecule has 0 amide bonds. The van der Waals surface area contributed by atoms with E-state index in [1.165, 1.54) is 0 Å². The smallest absolute Gasteiger partial charge is 0.213 e. The molecule has 0 spiro atoms. The van der Waals surface area contributed by atoms with E-state index in [1.807, 2.05) is 56.4 Å². The Bertz CT molecular complexity index is 497. The van der Waals surface area contributed by atoms with Gasteiger partial charge in [-0.25, -0.2) is 4.98 Å². The number of nitrogens with zero attached hydrogens (tertiary/aromatic N) is 1. The van der Waals surface area contributed by atoms with Crippen molar-refractivity contribution in [2.45, 2.75) is 13.5 Å². The van der Waals surface area contributed by atoms with Crippen molar-refractivity contribution < 1.29 is 4.74 Å². The number of hydrogen-bond acceptors (Lipinski definition) is 3. The van der Waals surface area contributed by atoms with Gasteiger partial charge in [-0.05, 0) is 19.1 Å². The van der Waals surface area contributed by atoms with E-state index in [2.05, 4.69) is 10.3 Å². The second-order valence-corrected chi connectivity index (χ2v) is 3.81. The number of anilines is 1. The number of ether oxygens (including phenoxy) is 1. The number of hydrogen-bond donors (Lipinski definition) is 1. The number of benzene rings is 1. The summed E-state index contributed by atoms with van der Waals surface area (Å²) in [5.74, 6) is 0.663. The molecular weight excluding hydrogens is 212 g/mol. The molecule has 0 radical (unpaired) electrons. The Hall–Kier alpha value is -2.03. The van der Waals surface area contributed by atoms with Gasteiger partial charge in [0.2, 0.25) is 5.88 Å². The molecule has 1 aromatic carbocycles. The molecule has 3 nitrogen and oxygen atoms in total. The van der Waals surface area contributed by atoms with Crippen LogP contribution in [0.1, 0.15) is 11.3 Å². The minimum Gasteiger partial charge on any atom is -0.473 e. The van der Waals surface area contributed by atoms with Gasteiger partial charge in [0.15, 0.2) is 0 Å². The molecule has 0 saturated heterocycles. The molecule has 88 valence electrons. The fourth-order valence-electron chi connectivity index (χ4n) is 1.64. The van der Waals surface area contributed by atoms with E-state index in [-0.39, 0.29) is 0 Å². The quantitative estimate of drug-likeness (QED) is 0.873. The number of rotatable bonds is 4. The second-order valence-electron chi connectivity index (χ2n) is 3.81. The van der Waals surface area contributed by atoms with Crippen LogP contribution in [0.5, 0.6) is 5.88 Å². The van der Waals surface area contributed by atoms with Crippen molar-refractivity contribution in [2.75, 3.05) is 12.4 Å². The third kappa shape index (κ3) is 2.97. The molecular formula is C14H16N2O. The summed E-state index contributed by atoms with van der Waals surface area (Å²) in [6, 6.07) is 13.8. The molecule has 3 heteroatoms. The van der Waals surface area contributed by atoms with Crippen molar-refractivity contribution >= 4 is 5.69 Å². The normalized spacial score (nSPS) is 10.0. The zero-order chi connectivity index (χ0) is 12.1. The molecule has 0 aliphatic carbocycles. The van der Waals surface area contributed by atoms with Crippen molar-refractivity contribution in [3.05, 3.63) is 53.7 Å². The minimum atomic E-state index is 0.521. The summed E-state index contributed by atoms with van der Waals surface area (Å²) in [6.07, 6.45) is 0. The van der Waals surface area contributed by atoms with Crippen LogP contribution in [-0.4, -0.2) is 12.0 Å². The van der Waals surface area contributed by atoms with E-state index >= 15 is 0 Å². The minimum absolute atomic E-state index is 0.521. The zero-order valence-corrected chi connectivity index (χ0v) is 10.1. The lowest BCUT2D eigenvalue weighted by molar-refractivity contribution is 0.294. The summed E-state index contributed by atoms with van der Waals surface area (Å²) in [4.78, 5) is 4.30. The van der Waals surface area contributed by atoms with Crippen LogP contribution in [-0.2, 0) is 6.61 Å². The molecule has 0 atom stereocenters. The van der Waals surface area contributed by atoms with Crippen LogP contribution in [0.2, 0.25) is 0 Å². The lowest BCUT2D eigenvalue weighted by Gasteiger charge is -2.10. The Morgan fingerprint density at radius 3 is 2.71 bits per heavy atom. The van der Waals surface area contributed by atoms with Gasteiger partial charge in [0, 0.05) is 30.1 Å². The molecule has 1 heterocycles. The largest absolute Gasteiger partial charge is 0.473 e. The fraction of sp³-hybridized carbons (Fsp3) is 0.214. The molecule has 0 aliphatic heterocycles. The number of pyridine rings is 1. The first kappa shape index (κ1) is 11.5. The summed E-state index contributed by atoms with van der Waals surface area (Å²) in [5.41, 5.74) is 3.17. The SMILES string of the molecule is CNc1ccccc1COc1cccc(C)n1. The maximum atomic E-state index is 5.66. The molecule has 1 aromatic heterocycles. The van der Waals surface area contributed by atoms with Gasteiger partial charge in [0.05, 0.1) is 0 Å². The van der Waals surface area contributed by atoms with Gasteiger partial charge >= 0.3 is 0 Å². The molecule has 0 aliphatic rings. The van der Waals surface area contributed by atoms with Crippen LogP contribution in [0.3, 0.4) is 0 Å². The first-order valence-corrected chi connectivity index (χ1v) is 5.61. The van der Waals surface area contributed by atoms with E-state index in [0.717, 1.165) is 16.9 Å². The molecule has 0 bridgehead atoms. The summed E-state index contributed by atoms with van der Waals surface area (Å²) < 4.78 is 5.66. The summed E-state index contributed by atoms with van der Waals surface area (Å²) >= 11 is 0. The summed E-state index contributed by atoms with van der Waals surface area (Å²) in [7, 11) is 1.91. The first-order valence-electron chi connectivity index (χ1n) is 5.61. The molecule has 1 N–H and O–H groups in total. The second kappa shape index (κ2) is 5.34. The van der Waals surface area contributed by atoms with Crippen molar-refractivity contribution in [1.29, 1.82) is 0 Å². The monoisotopic (exact) mass is 228 g/mol. The molecule has 2 aromatic rings. The Morgan fingerprint density at radius 1 is 1.12 bits per heavy atom. The highest BCUT2D eigenvalue weighted by Crippen LogP contribution is 2.16. The molecule has 17 heavy (non-hydrogen) atoms. The number of nitrogens with one attached hydrogen (secondary N) is 1. The third-order valence-corrected chi connectivity index (χ3v) is 2.53. The van der Waals surface area contributed by atoms with Crippen molar-refractivity contribution in [1.82, 2.24) is 4.98 Å². The summed E-state index contributed by atoms with van der Waals surface area (Å²) in [5, 5.41) is 3.14. The van der Waals surface area contributed by atoms with Gasteiger partial charge in [0.25, 0.3) is 0 Å². The lowest BCUT2D eigenvalue weighted by atomic mass is 10.2. The Balaban J connectivity index is 2.07. The van der Waals surface area contributed by atoms with Gasteiger partial charge < -0.3 is 10.1 Å².